The molecule has 0 saturated heterocycles. The molecule has 12 heavy (non-hydrogen) atoms. The molecule has 64 valence electrons. The Hall–Kier alpha value is 1.26. The van der Waals surface area contributed by atoms with Gasteiger partial charge >= 0.3 is 0 Å². The van der Waals surface area contributed by atoms with Gasteiger partial charge in [0.15, 0.2) is 0 Å². The van der Waals surface area contributed by atoms with E-state index in [0.29, 0.717) is 0 Å². The summed E-state index contributed by atoms with van der Waals surface area (Å²) in [4.78, 5) is 2.59. The first kappa shape index (κ1) is 9.80. The van der Waals surface area contributed by atoms with Crippen molar-refractivity contribution in [2.45, 2.75) is 9.79 Å². The van der Waals surface area contributed by atoms with E-state index in [1.165, 1.54) is 9.79 Å². The SMILES string of the molecule is Clc1ccc2c(c1)SSSSS2. The van der Waals surface area contributed by atoms with Crippen LogP contribution >= 0.6 is 62.7 Å². The maximum atomic E-state index is 5.88. The van der Waals surface area contributed by atoms with Crippen LogP contribution in [0.5, 0.6) is 0 Å². The smallest absolute Gasteiger partial charge is 0.0418 e. The van der Waals surface area contributed by atoms with Crippen molar-refractivity contribution in [1.29, 1.82) is 0 Å². The van der Waals surface area contributed by atoms with Crippen LogP contribution in [-0.4, -0.2) is 0 Å². The van der Waals surface area contributed by atoms with Gasteiger partial charge < -0.3 is 0 Å². The lowest BCUT2D eigenvalue weighted by atomic mass is 10.4. The largest absolute Gasteiger partial charge is 0.0843 e. The van der Waals surface area contributed by atoms with Gasteiger partial charge in [-0.3, -0.25) is 0 Å². The fourth-order valence-electron chi connectivity index (χ4n) is 0.728. The summed E-state index contributed by atoms with van der Waals surface area (Å²) in [5, 5.41) is 0.819. The average Bonchev–Trinajstić information content (AvgIpc) is 2.28. The van der Waals surface area contributed by atoms with E-state index in [9.17, 15) is 0 Å². The first-order chi connectivity index (χ1) is 5.86. The predicted octanol–water partition coefficient (Wildman–Crippen LogP) is 5.40. The van der Waals surface area contributed by atoms with E-state index < -0.39 is 0 Å². The summed E-state index contributed by atoms with van der Waals surface area (Å²) in [6, 6.07) is 6.04. The van der Waals surface area contributed by atoms with E-state index in [-0.39, 0.29) is 0 Å². The van der Waals surface area contributed by atoms with Gasteiger partial charge in [-0.2, -0.15) is 0 Å². The summed E-state index contributed by atoms with van der Waals surface area (Å²) in [7, 11) is 8.95. The van der Waals surface area contributed by atoms with Crippen LogP contribution < -0.4 is 0 Å². The molecule has 1 heterocycles. The zero-order chi connectivity index (χ0) is 8.39. The van der Waals surface area contributed by atoms with Crippen molar-refractivity contribution < 1.29 is 0 Å². The van der Waals surface area contributed by atoms with Crippen molar-refractivity contribution in [3.63, 3.8) is 0 Å². The zero-order valence-corrected chi connectivity index (χ0v) is 10.5. The maximum Gasteiger partial charge on any atom is 0.0418 e. The average molecular weight is 271 g/mol. The number of hydrogen-bond acceptors (Lipinski definition) is 5. The van der Waals surface area contributed by atoms with Crippen LogP contribution in [0.2, 0.25) is 5.02 Å². The van der Waals surface area contributed by atoms with Crippen LogP contribution in [0.15, 0.2) is 28.0 Å². The van der Waals surface area contributed by atoms with Crippen molar-refractivity contribution in [3.8, 4) is 0 Å². The molecule has 0 nitrogen and oxygen atoms in total. The van der Waals surface area contributed by atoms with Gasteiger partial charge in [0, 0.05) is 14.8 Å². The molecule has 0 aromatic heterocycles. The lowest BCUT2D eigenvalue weighted by Crippen LogP contribution is -1.72. The Balaban J connectivity index is 2.36. The van der Waals surface area contributed by atoms with Gasteiger partial charge in [0.2, 0.25) is 0 Å². The molecule has 0 unspecified atom stereocenters. The minimum atomic E-state index is 0.819. The van der Waals surface area contributed by atoms with Gasteiger partial charge in [0.25, 0.3) is 0 Å². The number of benzene rings is 1. The Kier molecular flexibility index (Phi) is 3.81. The van der Waals surface area contributed by atoms with E-state index in [1.54, 1.807) is 51.1 Å². The van der Waals surface area contributed by atoms with Crippen LogP contribution in [-0.2, 0) is 0 Å². The molecule has 1 aliphatic rings. The van der Waals surface area contributed by atoms with Gasteiger partial charge in [-0.05, 0) is 69.3 Å². The van der Waals surface area contributed by atoms with E-state index in [1.807, 2.05) is 12.1 Å². The molecule has 2 rings (SSSR count). The standard InChI is InChI=1S/C6H3ClS5/c7-4-1-2-5-6(3-4)9-11-12-10-8-5/h1-3H. The molecular formula is C6H3ClS5. The second-order valence-corrected chi connectivity index (χ2v) is 9.92. The Morgan fingerprint density at radius 3 is 2.50 bits per heavy atom. The van der Waals surface area contributed by atoms with E-state index >= 15 is 0 Å². The second-order valence-electron chi connectivity index (χ2n) is 1.96. The Bertz CT molecular complexity index is 289. The first-order valence-electron chi connectivity index (χ1n) is 3.00. The number of rotatable bonds is 0. The number of halogens is 1. The Morgan fingerprint density at radius 2 is 1.67 bits per heavy atom. The van der Waals surface area contributed by atoms with Crippen molar-refractivity contribution in [2.24, 2.45) is 0 Å². The molecule has 0 atom stereocenters. The molecule has 1 aromatic rings. The van der Waals surface area contributed by atoms with Gasteiger partial charge in [-0.1, -0.05) is 11.6 Å². The van der Waals surface area contributed by atoms with Crippen molar-refractivity contribution in [2.75, 3.05) is 0 Å². The van der Waals surface area contributed by atoms with Gasteiger partial charge in [0.1, 0.15) is 0 Å². The van der Waals surface area contributed by atoms with E-state index in [0.717, 1.165) is 5.02 Å². The summed E-state index contributed by atoms with van der Waals surface area (Å²) in [5.74, 6) is 0. The fraction of sp³-hybridized carbons (Fsp3) is 0. The van der Waals surface area contributed by atoms with Crippen LogP contribution in [0.4, 0.5) is 0 Å². The van der Waals surface area contributed by atoms with Gasteiger partial charge in [-0.15, -0.1) is 0 Å². The lowest BCUT2D eigenvalue weighted by Gasteiger charge is -2.00. The van der Waals surface area contributed by atoms with Crippen LogP contribution in [0.25, 0.3) is 0 Å². The summed E-state index contributed by atoms with van der Waals surface area (Å²) in [6.45, 7) is 0. The summed E-state index contributed by atoms with van der Waals surface area (Å²) < 4.78 is 0. The van der Waals surface area contributed by atoms with E-state index in [2.05, 4.69) is 6.07 Å². The molecule has 0 aliphatic carbocycles. The molecule has 0 saturated carbocycles. The molecule has 0 bridgehead atoms. The molecule has 1 aliphatic heterocycles. The normalized spacial score (nSPS) is 16.8. The van der Waals surface area contributed by atoms with Crippen LogP contribution in [0, 0.1) is 0 Å². The molecule has 6 heteroatoms. The van der Waals surface area contributed by atoms with E-state index in [4.69, 9.17) is 11.6 Å². The molecule has 0 radical (unpaired) electrons. The van der Waals surface area contributed by atoms with Gasteiger partial charge in [-0.25, -0.2) is 0 Å². The maximum absolute atomic E-state index is 5.88. The van der Waals surface area contributed by atoms with Crippen LogP contribution in [0.1, 0.15) is 0 Å². The minimum absolute atomic E-state index is 0.819. The molecule has 0 amide bonds. The first-order valence-corrected chi connectivity index (χ1v) is 9.53. The van der Waals surface area contributed by atoms with Gasteiger partial charge in [0.05, 0.1) is 0 Å². The third-order valence-corrected chi connectivity index (χ3v) is 9.92. The Labute approximate surface area is 94.9 Å². The highest BCUT2D eigenvalue weighted by molar-refractivity contribution is 9.36. The van der Waals surface area contributed by atoms with Crippen molar-refractivity contribution >= 4 is 62.7 Å². The number of fused-ring (bicyclic) bond motifs is 1. The monoisotopic (exact) mass is 270 g/mol. The zero-order valence-electron chi connectivity index (χ0n) is 5.65. The van der Waals surface area contributed by atoms with Crippen LogP contribution in [0.3, 0.4) is 0 Å². The third kappa shape index (κ3) is 2.39. The molecule has 0 N–H and O–H groups in total. The topological polar surface area (TPSA) is 0 Å². The highest BCUT2D eigenvalue weighted by Crippen LogP contribution is 2.59. The third-order valence-electron chi connectivity index (χ3n) is 1.21. The summed E-state index contributed by atoms with van der Waals surface area (Å²) in [6.07, 6.45) is 0. The Morgan fingerprint density at radius 1 is 0.917 bits per heavy atom. The highest BCUT2D eigenvalue weighted by atomic mass is 35.5. The predicted molar refractivity (Wildman–Crippen MR) is 65.9 cm³/mol. The molecule has 0 fully saturated rings. The summed E-state index contributed by atoms with van der Waals surface area (Å²) in [5.41, 5.74) is 0. The minimum Gasteiger partial charge on any atom is -0.0843 e. The second kappa shape index (κ2) is 4.66. The lowest BCUT2D eigenvalue weighted by molar-refractivity contribution is 1.27. The van der Waals surface area contributed by atoms with Crippen molar-refractivity contribution in [3.05, 3.63) is 23.2 Å². The summed E-state index contributed by atoms with van der Waals surface area (Å²) >= 11 is 5.88. The fourth-order valence-corrected chi connectivity index (χ4v) is 9.84. The molecular weight excluding hydrogens is 268 g/mol. The molecule has 0 spiro atoms. The number of hydrogen-bond donors (Lipinski definition) is 0. The quantitative estimate of drug-likeness (QED) is 0.577. The molecule has 1 aromatic carbocycles. The highest BCUT2D eigenvalue weighted by Gasteiger charge is 2.10. The van der Waals surface area contributed by atoms with Crippen molar-refractivity contribution in [1.82, 2.24) is 0 Å².